The van der Waals surface area contributed by atoms with E-state index in [1.54, 1.807) is 0 Å². The zero-order valence-corrected chi connectivity index (χ0v) is 17.3. The molecule has 9 nitrogen and oxygen atoms in total. The molecule has 1 saturated heterocycles. The molecule has 2 aromatic carbocycles. The largest absolute Gasteiger partial charge is 0.324 e. The molecule has 1 N–H and O–H groups in total. The summed E-state index contributed by atoms with van der Waals surface area (Å²) in [5.41, 5.74) is 3.16. The Bertz CT molecular complexity index is 1120. The fourth-order valence-electron chi connectivity index (χ4n) is 3.56. The van der Waals surface area contributed by atoms with Gasteiger partial charge in [0.05, 0.1) is 17.2 Å². The van der Waals surface area contributed by atoms with Crippen LogP contribution in [-0.4, -0.2) is 64.0 Å². The molecule has 0 radical (unpaired) electrons. The lowest BCUT2D eigenvalue weighted by Gasteiger charge is -2.33. The standard InChI is InChI=1S/C20H22N6O3S/c1-15-7-8-17(13-18(15)26-14-21-23-24-26)22-20(27)19(16-5-3-2-4-6-16)25-9-11-30(28,29)12-10-25/h2-8,13-14,19H,9-12H2,1H3,(H,22,27). The maximum atomic E-state index is 13.3. The summed E-state index contributed by atoms with van der Waals surface area (Å²) < 4.78 is 25.2. The van der Waals surface area contributed by atoms with Gasteiger partial charge in [0.1, 0.15) is 12.4 Å². The number of hydrogen-bond acceptors (Lipinski definition) is 7. The van der Waals surface area contributed by atoms with Gasteiger partial charge in [0.15, 0.2) is 9.84 Å². The van der Waals surface area contributed by atoms with Crippen LogP contribution in [0.15, 0.2) is 54.9 Å². The number of carbonyl (C=O) groups excluding carboxylic acids is 1. The summed E-state index contributed by atoms with van der Waals surface area (Å²) >= 11 is 0. The molecule has 0 spiro atoms. The number of aromatic nitrogens is 4. The Morgan fingerprint density at radius 2 is 1.83 bits per heavy atom. The summed E-state index contributed by atoms with van der Waals surface area (Å²) in [5, 5.41) is 14.2. The number of anilines is 1. The molecule has 1 amide bonds. The Morgan fingerprint density at radius 3 is 2.50 bits per heavy atom. The predicted octanol–water partition coefficient (Wildman–Crippen LogP) is 1.38. The first-order valence-electron chi connectivity index (χ1n) is 9.57. The lowest BCUT2D eigenvalue weighted by molar-refractivity contribution is -0.121. The molecule has 3 aromatic rings. The first-order chi connectivity index (χ1) is 14.4. The van der Waals surface area contributed by atoms with Gasteiger partial charge in [-0.25, -0.2) is 13.1 Å². The van der Waals surface area contributed by atoms with Crippen LogP contribution in [0.4, 0.5) is 5.69 Å². The summed E-state index contributed by atoms with van der Waals surface area (Å²) in [7, 11) is -3.05. The normalized spacial score (nSPS) is 17.4. The predicted molar refractivity (Wildman–Crippen MR) is 112 cm³/mol. The Balaban J connectivity index is 1.61. The fraction of sp³-hybridized carbons (Fsp3) is 0.300. The zero-order chi connectivity index (χ0) is 21.1. The average molecular weight is 427 g/mol. The van der Waals surface area contributed by atoms with E-state index in [0.717, 1.165) is 16.8 Å². The molecule has 1 aromatic heterocycles. The minimum Gasteiger partial charge on any atom is -0.324 e. The van der Waals surface area contributed by atoms with Crippen molar-refractivity contribution >= 4 is 21.4 Å². The van der Waals surface area contributed by atoms with E-state index in [-0.39, 0.29) is 17.4 Å². The van der Waals surface area contributed by atoms with Crippen molar-refractivity contribution in [2.75, 3.05) is 29.9 Å². The molecule has 1 fully saturated rings. The number of nitrogens with zero attached hydrogens (tertiary/aromatic N) is 5. The molecule has 30 heavy (non-hydrogen) atoms. The number of tetrazole rings is 1. The van der Waals surface area contributed by atoms with Crippen molar-refractivity contribution in [3.63, 3.8) is 0 Å². The molecule has 0 bridgehead atoms. The highest BCUT2D eigenvalue weighted by Crippen LogP contribution is 2.26. The third-order valence-electron chi connectivity index (χ3n) is 5.18. The summed E-state index contributed by atoms with van der Waals surface area (Å²) in [6.07, 6.45) is 1.49. The average Bonchev–Trinajstić information content (AvgIpc) is 3.26. The van der Waals surface area contributed by atoms with Crippen molar-refractivity contribution in [3.8, 4) is 5.69 Å². The van der Waals surface area contributed by atoms with E-state index in [4.69, 9.17) is 0 Å². The molecule has 1 unspecified atom stereocenters. The first kappa shape index (κ1) is 20.2. The van der Waals surface area contributed by atoms with Gasteiger partial charge in [-0.3, -0.25) is 9.69 Å². The number of carbonyl (C=O) groups is 1. The maximum Gasteiger partial charge on any atom is 0.246 e. The number of aryl methyl sites for hydroxylation is 1. The van der Waals surface area contributed by atoms with Crippen LogP contribution < -0.4 is 5.32 Å². The second-order valence-corrected chi connectivity index (χ2v) is 9.55. The first-order valence-corrected chi connectivity index (χ1v) is 11.4. The minimum absolute atomic E-state index is 0.0532. The van der Waals surface area contributed by atoms with E-state index < -0.39 is 15.9 Å². The van der Waals surface area contributed by atoms with Gasteiger partial charge in [-0.15, -0.1) is 5.10 Å². The van der Waals surface area contributed by atoms with Crippen LogP contribution in [0, 0.1) is 6.92 Å². The summed E-state index contributed by atoms with van der Waals surface area (Å²) in [5.74, 6) is -0.109. The highest BCUT2D eigenvalue weighted by atomic mass is 32.2. The van der Waals surface area contributed by atoms with Crippen LogP contribution in [0.3, 0.4) is 0 Å². The number of sulfone groups is 1. The quantitative estimate of drug-likeness (QED) is 0.656. The van der Waals surface area contributed by atoms with Crippen LogP contribution in [0.2, 0.25) is 0 Å². The van der Waals surface area contributed by atoms with Gasteiger partial charge in [-0.1, -0.05) is 36.4 Å². The molecular weight excluding hydrogens is 404 g/mol. The number of benzene rings is 2. The van der Waals surface area contributed by atoms with Gasteiger partial charge >= 0.3 is 0 Å². The molecule has 10 heteroatoms. The van der Waals surface area contributed by atoms with Gasteiger partial charge in [0, 0.05) is 18.8 Å². The van der Waals surface area contributed by atoms with Gasteiger partial charge in [0.25, 0.3) is 0 Å². The number of rotatable bonds is 5. The lowest BCUT2D eigenvalue weighted by atomic mass is 10.0. The van der Waals surface area contributed by atoms with E-state index in [1.165, 1.54) is 11.0 Å². The van der Waals surface area contributed by atoms with E-state index in [0.29, 0.717) is 18.8 Å². The molecule has 4 rings (SSSR count). The zero-order valence-electron chi connectivity index (χ0n) is 16.5. The van der Waals surface area contributed by atoms with Crippen LogP contribution in [0.1, 0.15) is 17.2 Å². The topological polar surface area (TPSA) is 110 Å². The van der Waals surface area contributed by atoms with Gasteiger partial charge < -0.3 is 5.32 Å². The second-order valence-electron chi connectivity index (χ2n) is 7.25. The highest BCUT2D eigenvalue weighted by molar-refractivity contribution is 7.91. The van der Waals surface area contributed by atoms with E-state index in [1.807, 2.05) is 60.4 Å². The smallest absolute Gasteiger partial charge is 0.246 e. The van der Waals surface area contributed by atoms with Gasteiger partial charge in [0.2, 0.25) is 5.91 Å². The molecule has 0 aliphatic carbocycles. The Labute approximate surface area is 174 Å². The molecule has 1 aliphatic rings. The molecule has 2 heterocycles. The highest BCUT2D eigenvalue weighted by Gasteiger charge is 2.32. The van der Waals surface area contributed by atoms with E-state index >= 15 is 0 Å². The SMILES string of the molecule is Cc1ccc(NC(=O)C(c2ccccc2)N2CCS(=O)(=O)CC2)cc1-n1cnnn1. The summed E-state index contributed by atoms with van der Waals surface area (Å²) in [4.78, 5) is 15.2. The molecule has 1 atom stereocenters. The van der Waals surface area contributed by atoms with Crippen molar-refractivity contribution in [1.82, 2.24) is 25.1 Å². The molecule has 1 aliphatic heterocycles. The van der Waals surface area contributed by atoms with E-state index in [2.05, 4.69) is 20.8 Å². The van der Waals surface area contributed by atoms with Crippen molar-refractivity contribution in [1.29, 1.82) is 0 Å². The number of hydrogen-bond donors (Lipinski definition) is 1. The second kappa shape index (κ2) is 8.33. The Morgan fingerprint density at radius 1 is 1.10 bits per heavy atom. The third-order valence-corrected chi connectivity index (χ3v) is 6.79. The third kappa shape index (κ3) is 4.39. The van der Waals surface area contributed by atoms with Gasteiger partial charge in [-0.05, 0) is 40.6 Å². The molecule has 156 valence electrons. The van der Waals surface area contributed by atoms with Crippen molar-refractivity contribution in [2.24, 2.45) is 0 Å². The van der Waals surface area contributed by atoms with Gasteiger partial charge in [-0.2, -0.15) is 0 Å². The van der Waals surface area contributed by atoms with E-state index in [9.17, 15) is 13.2 Å². The monoisotopic (exact) mass is 426 g/mol. The lowest BCUT2D eigenvalue weighted by Crippen LogP contribution is -2.46. The minimum atomic E-state index is -3.05. The van der Waals surface area contributed by atoms with Crippen molar-refractivity contribution in [3.05, 3.63) is 66.0 Å². The number of amides is 1. The van der Waals surface area contributed by atoms with Crippen LogP contribution in [0.5, 0.6) is 0 Å². The summed E-state index contributed by atoms with van der Waals surface area (Å²) in [6.45, 7) is 2.57. The van der Waals surface area contributed by atoms with Crippen LogP contribution in [-0.2, 0) is 14.6 Å². The fourth-order valence-corrected chi connectivity index (χ4v) is 4.79. The Kier molecular flexibility index (Phi) is 5.60. The van der Waals surface area contributed by atoms with Crippen molar-refractivity contribution in [2.45, 2.75) is 13.0 Å². The van der Waals surface area contributed by atoms with Crippen LogP contribution in [0.25, 0.3) is 5.69 Å². The summed E-state index contributed by atoms with van der Waals surface area (Å²) in [6, 6.07) is 14.3. The van der Waals surface area contributed by atoms with Crippen LogP contribution >= 0.6 is 0 Å². The Hall–Kier alpha value is -3.11. The van der Waals surface area contributed by atoms with Crippen molar-refractivity contribution < 1.29 is 13.2 Å². The molecular formula is C20H22N6O3S. The number of nitrogens with one attached hydrogen (secondary N) is 1. The molecule has 0 saturated carbocycles. The maximum absolute atomic E-state index is 13.3.